The number of benzene rings is 1. The molecule has 86 valence electrons. The van der Waals surface area contributed by atoms with Crippen molar-refractivity contribution in [3.63, 3.8) is 0 Å². The van der Waals surface area contributed by atoms with Crippen LogP contribution in [0.4, 0.5) is 0 Å². The van der Waals surface area contributed by atoms with Crippen LogP contribution in [0, 0.1) is 0 Å². The molecular weight excluding hydrogens is 276 g/mol. The van der Waals surface area contributed by atoms with Crippen molar-refractivity contribution >= 4 is 22.2 Å². The van der Waals surface area contributed by atoms with Gasteiger partial charge in [0, 0.05) is 6.42 Å². The van der Waals surface area contributed by atoms with Crippen LogP contribution < -0.4 is 9.47 Å². The van der Waals surface area contributed by atoms with E-state index in [1.54, 1.807) is 6.07 Å². The Morgan fingerprint density at radius 1 is 1.44 bits per heavy atom. The smallest absolute Gasteiger partial charge is 0.179 e. The molecule has 1 aromatic carbocycles. The Balaban J connectivity index is 2.39. The lowest BCUT2D eigenvalue weighted by Crippen LogP contribution is -2.16. The van der Waals surface area contributed by atoms with Gasteiger partial charge in [0.1, 0.15) is 29.7 Å². The van der Waals surface area contributed by atoms with Crippen molar-refractivity contribution in [2.24, 2.45) is 0 Å². The zero-order chi connectivity index (χ0) is 11.5. The number of carbonyl (C=O) groups is 1. The summed E-state index contributed by atoms with van der Waals surface area (Å²) < 4.78 is 11.3. The minimum Gasteiger partial charge on any atom is -0.506 e. The second kappa shape index (κ2) is 4.74. The van der Waals surface area contributed by atoms with E-state index in [-0.39, 0.29) is 5.75 Å². The molecule has 1 aliphatic rings. The third-order valence-electron chi connectivity index (χ3n) is 2.36. The first-order valence-electron chi connectivity index (χ1n) is 4.97. The summed E-state index contributed by atoms with van der Waals surface area (Å²) in [5.74, 6) is 1.25. The lowest BCUT2D eigenvalue weighted by atomic mass is 10.1. The number of phenols is 1. The molecule has 1 N–H and O–H groups in total. The summed E-state index contributed by atoms with van der Waals surface area (Å²) in [6, 6.07) is 1.72. The van der Waals surface area contributed by atoms with Gasteiger partial charge in [0.05, 0.1) is 0 Å². The van der Waals surface area contributed by atoms with Crippen LogP contribution in [-0.4, -0.2) is 24.6 Å². The molecule has 1 heterocycles. The Bertz CT molecular complexity index is 417. The molecule has 0 aliphatic carbocycles. The van der Waals surface area contributed by atoms with Crippen LogP contribution in [0.5, 0.6) is 17.2 Å². The molecule has 0 aromatic heterocycles. The van der Waals surface area contributed by atoms with Crippen LogP contribution in [0.3, 0.4) is 0 Å². The van der Waals surface area contributed by atoms with Gasteiger partial charge < -0.3 is 19.4 Å². The number of hydrogen-bond acceptors (Lipinski definition) is 4. The molecule has 0 radical (unpaired) electrons. The number of halogens is 1. The third kappa shape index (κ3) is 2.00. The molecule has 0 unspecified atom stereocenters. The van der Waals surface area contributed by atoms with E-state index in [1.165, 1.54) is 0 Å². The summed E-state index contributed by atoms with van der Waals surface area (Å²) in [7, 11) is 0. The van der Waals surface area contributed by atoms with Gasteiger partial charge >= 0.3 is 0 Å². The normalized spacial score (nSPS) is 13.6. The minimum absolute atomic E-state index is 0.117. The van der Waals surface area contributed by atoms with Crippen molar-refractivity contribution in [3.05, 3.63) is 16.1 Å². The van der Waals surface area contributed by atoms with E-state index < -0.39 is 0 Å². The molecule has 0 amide bonds. The van der Waals surface area contributed by atoms with E-state index >= 15 is 0 Å². The number of hydrogen-bond donors (Lipinski definition) is 1. The lowest BCUT2D eigenvalue weighted by molar-refractivity contribution is -0.107. The molecule has 2 rings (SSSR count). The fourth-order valence-corrected chi connectivity index (χ4v) is 2.16. The monoisotopic (exact) mass is 286 g/mol. The van der Waals surface area contributed by atoms with Crippen molar-refractivity contribution in [3.8, 4) is 17.2 Å². The average Bonchev–Trinajstić information content (AvgIpc) is 2.32. The maximum Gasteiger partial charge on any atom is 0.179 e. The highest BCUT2D eigenvalue weighted by atomic mass is 79.9. The van der Waals surface area contributed by atoms with Crippen LogP contribution in [0.25, 0.3) is 0 Å². The van der Waals surface area contributed by atoms with E-state index in [1.807, 2.05) is 0 Å². The average molecular weight is 287 g/mol. The van der Waals surface area contributed by atoms with Crippen LogP contribution >= 0.6 is 15.9 Å². The van der Waals surface area contributed by atoms with E-state index in [0.29, 0.717) is 47.6 Å². The maximum absolute atomic E-state index is 10.3. The van der Waals surface area contributed by atoms with Crippen molar-refractivity contribution in [1.29, 1.82) is 0 Å². The molecular formula is C11H11BrO4. The summed E-state index contributed by atoms with van der Waals surface area (Å²) in [5.41, 5.74) is 0.684. The van der Waals surface area contributed by atoms with E-state index in [4.69, 9.17) is 9.47 Å². The Hall–Kier alpha value is -1.23. The standard InChI is InChI=1S/C11H11BrO4/c12-9-10(14)7(2-1-3-13)6-8-11(9)16-5-4-15-8/h3,6,14H,1-2,4-5H2. The van der Waals surface area contributed by atoms with Gasteiger partial charge in [-0.1, -0.05) is 0 Å². The summed E-state index contributed by atoms with van der Waals surface area (Å²) in [6.45, 7) is 0.968. The van der Waals surface area contributed by atoms with Crippen LogP contribution in [0.1, 0.15) is 12.0 Å². The number of phenolic OH excluding ortho intramolecular Hbond substituents is 1. The summed E-state index contributed by atoms with van der Waals surface area (Å²) in [5, 5.41) is 9.88. The molecule has 0 bridgehead atoms. The highest BCUT2D eigenvalue weighted by Gasteiger charge is 2.20. The molecule has 0 saturated carbocycles. The molecule has 0 atom stereocenters. The molecule has 5 heteroatoms. The highest BCUT2D eigenvalue weighted by Crippen LogP contribution is 2.45. The Morgan fingerprint density at radius 3 is 2.94 bits per heavy atom. The Morgan fingerprint density at radius 2 is 2.19 bits per heavy atom. The Kier molecular flexibility index (Phi) is 3.33. The number of ether oxygens (including phenoxy) is 2. The third-order valence-corrected chi connectivity index (χ3v) is 3.10. The van der Waals surface area contributed by atoms with Crippen molar-refractivity contribution in [2.75, 3.05) is 13.2 Å². The van der Waals surface area contributed by atoms with Crippen LogP contribution in [0.15, 0.2) is 10.5 Å². The van der Waals surface area contributed by atoms with Gasteiger partial charge in [0.25, 0.3) is 0 Å². The summed E-state index contributed by atoms with van der Waals surface area (Å²) in [6.07, 6.45) is 1.69. The molecule has 0 spiro atoms. The van der Waals surface area contributed by atoms with Gasteiger partial charge in [0.2, 0.25) is 0 Å². The number of fused-ring (bicyclic) bond motifs is 1. The largest absolute Gasteiger partial charge is 0.506 e. The second-order valence-electron chi connectivity index (χ2n) is 3.43. The number of carbonyl (C=O) groups excluding carboxylic acids is 1. The minimum atomic E-state index is 0.117. The molecule has 0 saturated heterocycles. The molecule has 4 nitrogen and oxygen atoms in total. The van der Waals surface area contributed by atoms with E-state index in [9.17, 15) is 9.90 Å². The summed E-state index contributed by atoms with van der Waals surface area (Å²) in [4.78, 5) is 10.3. The zero-order valence-corrected chi connectivity index (χ0v) is 10.1. The molecule has 16 heavy (non-hydrogen) atoms. The highest BCUT2D eigenvalue weighted by molar-refractivity contribution is 9.10. The van der Waals surface area contributed by atoms with Crippen molar-refractivity contribution in [1.82, 2.24) is 0 Å². The summed E-state index contributed by atoms with van der Waals surface area (Å²) >= 11 is 3.27. The van der Waals surface area contributed by atoms with Gasteiger partial charge in [-0.3, -0.25) is 0 Å². The maximum atomic E-state index is 10.3. The zero-order valence-electron chi connectivity index (χ0n) is 8.53. The number of aryl methyl sites for hydroxylation is 1. The van der Waals surface area contributed by atoms with Crippen LogP contribution in [-0.2, 0) is 11.2 Å². The topological polar surface area (TPSA) is 55.8 Å². The van der Waals surface area contributed by atoms with Gasteiger partial charge in [-0.2, -0.15) is 0 Å². The first kappa shape index (κ1) is 11.3. The first-order valence-corrected chi connectivity index (χ1v) is 5.77. The lowest BCUT2D eigenvalue weighted by Gasteiger charge is -2.21. The molecule has 1 aromatic rings. The Labute approximate surface area is 101 Å². The molecule has 0 fully saturated rings. The van der Waals surface area contributed by atoms with Crippen molar-refractivity contribution < 1.29 is 19.4 Å². The SMILES string of the molecule is O=CCCc1cc2c(c(Br)c1O)OCCO2. The number of aldehydes is 1. The van der Waals surface area contributed by atoms with Gasteiger partial charge in [0.15, 0.2) is 11.5 Å². The van der Waals surface area contributed by atoms with Gasteiger partial charge in [-0.15, -0.1) is 0 Å². The van der Waals surface area contributed by atoms with E-state index in [0.717, 1.165) is 6.29 Å². The fraction of sp³-hybridized carbons (Fsp3) is 0.364. The van der Waals surface area contributed by atoms with Gasteiger partial charge in [-0.05, 0) is 34.0 Å². The first-order chi connectivity index (χ1) is 7.74. The van der Waals surface area contributed by atoms with Crippen molar-refractivity contribution in [2.45, 2.75) is 12.8 Å². The quantitative estimate of drug-likeness (QED) is 0.864. The predicted octanol–water partition coefficient (Wildman–Crippen LogP) is 2.06. The van der Waals surface area contributed by atoms with E-state index in [2.05, 4.69) is 15.9 Å². The fourth-order valence-electron chi connectivity index (χ4n) is 1.59. The second-order valence-corrected chi connectivity index (χ2v) is 4.22. The molecule has 1 aliphatic heterocycles. The number of rotatable bonds is 3. The van der Waals surface area contributed by atoms with Crippen LogP contribution in [0.2, 0.25) is 0 Å². The van der Waals surface area contributed by atoms with Gasteiger partial charge in [-0.25, -0.2) is 0 Å². The number of aromatic hydroxyl groups is 1. The predicted molar refractivity (Wildman–Crippen MR) is 61.2 cm³/mol.